The highest BCUT2D eigenvalue weighted by Gasteiger charge is 2.37. The Labute approximate surface area is 736 Å². The van der Waals surface area contributed by atoms with Gasteiger partial charge in [-0.15, -0.1) is 0 Å². The van der Waals surface area contributed by atoms with Crippen molar-refractivity contribution in [3.8, 4) is 5.75 Å². The summed E-state index contributed by atoms with van der Waals surface area (Å²) in [7, 11) is -5.30. The minimum absolute atomic E-state index is 0.0242. The van der Waals surface area contributed by atoms with Crippen molar-refractivity contribution in [1.82, 2.24) is 63.8 Å². The lowest BCUT2D eigenvalue weighted by Crippen LogP contribution is -2.60. The van der Waals surface area contributed by atoms with Gasteiger partial charge in [0, 0.05) is 42.7 Å². The zero-order valence-corrected chi connectivity index (χ0v) is 72.2. The molecular weight excluding hydrogens is 1630 g/mol. The van der Waals surface area contributed by atoms with Gasteiger partial charge in [0.25, 0.3) is 17.7 Å². The standard InChI is InChI=1S/C84H133B3N18O21/c1-53(2)51-70(83(118)103-69(82(117)105-71(84(119)120)52-54-27-41-61(106)42-28-54)26-10-18-50-96-74(109)57-33-39-60(40-34-57)87(125)126)104-81(116)66(23-7-15-47-92)100-80(115)68(25-9-17-49-95-73(108)56-31-37-59(38-32-56)86(123)124)102-78(113)65(22-6-14-46-91)98-77(112)64(21-5-13-45-90)99-79(114)67(24-8-16-48-94-72(107)55-29-35-58(36-30-55)85(121)122)101-76(111)63(20-4-12-44-89)97-75(110)62(93)19-3-11-43-88/h27-42,53,62-71,106,121-126H,3-26,43-52,88-93H2,1-2H3,(H,94,107)(H,95,108)(H,96,109)(H,97,110)(H,98,112)(H,99,114)(H,100,115)(H,101,111)(H,102,113)(H,103,118)(H,104,116)(H,105,117)(H,119,120)/t62-,63-,64-,65-,66-,67-,68-,69-,70-,71-/m0/s1. The van der Waals surface area contributed by atoms with Crippen LogP contribution >= 0.6 is 0 Å². The molecule has 0 spiro atoms. The number of rotatable bonds is 64. The van der Waals surface area contributed by atoms with Crippen molar-refractivity contribution in [2.75, 3.05) is 52.4 Å². The summed E-state index contributed by atoms with van der Waals surface area (Å²) in [5.41, 5.74) is 37.1. The van der Waals surface area contributed by atoms with Crippen LogP contribution in [-0.4, -0.2) is 251 Å². The molecule has 126 heavy (non-hydrogen) atoms. The number of hydrogen-bond donors (Lipinski definition) is 26. The van der Waals surface area contributed by atoms with E-state index in [9.17, 15) is 83.5 Å². The van der Waals surface area contributed by atoms with Crippen LogP contribution in [0.4, 0.5) is 0 Å². The second kappa shape index (κ2) is 60.2. The van der Waals surface area contributed by atoms with Crippen molar-refractivity contribution in [1.29, 1.82) is 0 Å². The highest BCUT2D eigenvalue weighted by molar-refractivity contribution is 6.59. The number of carbonyl (C=O) groups excluding carboxylic acids is 12. The van der Waals surface area contributed by atoms with E-state index in [0.717, 1.165) is 0 Å². The van der Waals surface area contributed by atoms with Crippen LogP contribution in [0.5, 0.6) is 5.75 Å². The number of phenols is 1. The van der Waals surface area contributed by atoms with E-state index in [1.807, 2.05) is 0 Å². The zero-order valence-electron chi connectivity index (χ0n) is 72.2. The maximum atomic E-state index is 15.2. The van der Waals surface area contributed by atoms with Gasteiger partial charge in [-0.1, -0.05) is 68.8 Å². The summed E-state index contributed by atoms with van der Waals surface area (Å²) < 4.78 is 0. The van der Waals surface area contributed by atoms with Gasteiger partial charge in [0.05, 0.1) is 6.04 Å². The fourth-order valence-corrected chi connectivity index (χ4v) is 13.5. The molecule has 0 fully saturated rings. The molecule has 4 aromatic carbocycles. The number of carboxylic acid groups (broad SMARTS) is 1. The maximum Gasteiger partial charge on any atom is 0.488 e. The number of amides is 12. The van der Waals surface area contributed by atoms with Crippen molar-refractivity contribution in [2.45, 2.75) is 241 Å². The van der Waals surface area contributed by atoms with E-state index in [0.29, 0.717) is 57.1 Å². The molecule has 0 radical (unpaired) electrons. The average Bonchev–Trinajstić information content (AvgIpc) is 0.860. The Morgan fingerprint density at radius 3 is 0.778 bits per heavy atom. The number of phenolic OH excluding ortho intramolecular Hbond substituents is 1. The molecule has 4 aromatic rings. The molecule has 4 rings (SSSR count). The number of aliphatic carboxylic acids is 1. The summed E-state index contributed by atoms with van der Waals surface area (Å²) >= 11 is 0. The Balaban J connectivity index is 1.72. The molecule has 0 aromatic heterocycles. The second-order valence-corrected chi connectivity index (χ2v) is 31.7. The Morgan fingerprint density at radius 1 is 0.302 bits per heavy atom. The molecule has 12 amide bonds. The van der Waals surface area contributed by atoms with E-state index in [1.165, 1.54) is 97.1 Å². The summed E-state index contributed by atoms with van der Waals surface area (Å²) in [6, 6.07) is 8.30. The van der Waals surface area contributed by atoms with E-state index in [-0.39, 0.29) is 213 Å². The van der Waals surface area contributed by atoms with Crippen LogP contribution in [0, 0.1) is 5.92 Å². The number of carboxylic acids is 1. The molecule has 0 unspecified atom stereocenters. The Bertz CT molecular complexity index is 4020. The van der Waals surface area contributed by atoms with Crippen LogP contribution in [0.3, 0.4) is 0 Å². The minimum atomic E-state index is -1.79. The molecule has 10 atom stereocenters. The highest BCUT2D eigenvalue weighted by Crippen LogP contribution is 2.18. The molecule has 42 heteroatoms. The van der Waals surface area contributed by atoms with Gasteiger partial charge >= 0.3 is 27.3 Å². The van der Waals surface area contributed by atoms with Gasteiger partial charge in [-0.2, -0.15) is 0 Å². The summed E-state index contributed by atoms with van der Waals surface area (Å²) in [4.78, 5) is 185. The van der Waals surface area contributed by atoms with Gasteiger partial charge in [-0.25, -0.2) is 4.79 Å². The number of benzene rings is 4. The van der Waals surface area contributed by atoms with Crippen LogP contribution in [0.2, 0.25) is 0 Å². The Hall–Kier alpha value is -10.5. The third-order valence-electron chi connectivity index (χ3n) is 20.9. The van der Waals surface area contributed by atoms with Gasteiger partial charge in [-0.3, -0.25) is 57.5 Å². The molecule has 39 nitrogen and oxygen atoms in total. The predicted molar refractivity (Wildman–Crippen MR) is 476 cm³/mol. The molecule has 0 saturated heterocycles. The molecule has 0 heterocycles. The molecule has 0 bridgehead atoms. The first-order valence-corrected chi connectivity index (χ1v) is 43.5. The van der Waals surface area contributed by atoms with Gasteiger partial charge in [0.15, 0.2) is 0 Å². The van der Waals surface area contributed by atoms with Gasteiger partial charge < -0.3 is 139 Å². The van der Waals surface area contributed by atoms with E-state index in [4.69, 9.17) is 34.4 Å². The molecule has 0 saturated carbocycles. The van der Waals surface area contributed by atoms with Crippen molar-refractivity contribution in [2.24, 2.45) is 40.3 Å². The summed E-state index contributed by atoms with van der Waals surface area (Å²) in [6.45, 7) is 4.80. The molecule has 694 valence electrons. The minimum Gasteiger partial charge on any atom is -0.508 e. The quantitative estimate of drug-likeness (QED) is 0.0146. The predicted octanol–water partition coefficient (Wildman–Crippen LogP) is -4.76. The van der Waals surface area contributed by atoms with Crippen LogP contribution in [-0.2, 0) is 54.4 Å². The lowest BCUT2D eigenvalue weighted by molar-refractivity contribution is -0.142. The zero-order chi connectivity index (χ0) is 93.0. The second-order valence-electron chi connectivity index (χ2n) is 31.7. The number of nitrogens with two attached hydrogens (primary N) is 6. The van der Waals surface area contributed by atoms with Crippen molar-refractivity contribution in [3.05, 3.63) is 119 Å². The fourth-order valence-electron chi connectivity index (χ4n) is 13.5. The van der Waals surface area contributed by atoms with Gasteiger partial charge in [-0.05, 0) is 263 Å². The molecular formula is C84H133B3N18O21. The number of carbonyl (C=O) groups is 13. The topological polar surface area (TPSA) is 684 Å². The van der Waals surface area contributed by atoms with E-state index < -0.39 is 159 Å². The van der Waals surface area contributed by atoms with Gasteiger partial charge in [0.2, 0.25) is 53.2 Å². The lowest BCUT2D eigenvalue weighted by Gasteiger charge is -2.29. The number of hydrogen-bond acceptors (Lipinski definition) is 26. The SMILES string of the molecule is CC(C)C[C@H](NC(=O)[C@H](CCCCN)NC(=O)[C@H](CCCCNC(=O)c1ccc(B(O)O)cc1)NC(=O)[C@H](CCCCN)NC(=O)[C@H](CCCCN)NC(=O)[C@H](CCCCNC(=O)c1ccc(B(O)O)cc1)NC(=O)[C@H](CCCCN)NC(=O)[C@@H](N)CCCCN)C(=O)N[C@@H](CCCCNC(=O)c1ccc(B(O)O)cc1)C(=O)N[C@@H](Cc1ccc(O)cc1)C(=O)O. The Kier molecular flexibility index (Phi) is 51.5. The number of nitrogens with one attached hydrogen (secondary N) is 12. The van der Waals surface area contributed by atoms with Crippen LogP contribution in [0.1, 0.15) is 211 Å². The van der Waals surface area contributed by atoms with Crippen molar-refractivity contribution >= 4 is 115 Å². The Morgan fingerprint density at radius 2 is 0.532 bits per heavy atom. The summed E-state index contributed by atoms with van der Waals surface area (Å²) in [6.07, 6.45) is 4.33. The highest BCUT2D eigenvalue weighted by atomic mass is 16.4. The van der Waals surface area contributed by atoms with Crippen LogP contribution in [0.15, 0.2) is 97.1 Å². The largest absolute Gasteiger partial charge is 0.508 e. The summed E-state index contributed by atoms with van der Waals surface area (Å²) in [5, 5.41) is 111. The molecule has 0 aliphatic carbocycles. The molecule has 0 aliphatic heterocycles. The van der Waals surface area contributed by atoms with Gasteiger partial charge in [0.1, 0.15) is 60.1 Å². The third-order valence-corrected chi connectivity index (χ3v) is 20.9. The normalized spacial score (nSPS) is 13.5. The number of aromatic hydroxyl groups is 1. The van der Waals surface area contributed by atoms with Crippen molar-refractivity contribution < 1.29 is 103 Å². The van der Waals surface area contributed by atoms with Crippen LogP contribution in [0.25, 0.3) is 0 Å². The first-order chi connectivity index (χ1) is 60.2. The van der Waals surface area contributed by atoms with Crippen LogP contribution < -0.4 is 115 Å². The first-order valence-electron chi connectivity index (χ1n) is 43.5. The summed E-state index contributed by atoms with van der Waals surface area (Å²) in [5.74, 6) is -11.0. The molecule has 0 aliphatic rings. The average molecular weight is 1760 g/mol. The third kappa shape index (κ3) is 41.3. The smallest absolute Gasteiger partial charge is 0.488 e. The first kappa shape index (κ1) is 108. The maximum absolute atomic E-state index is 15.2. The lowest BCUT2D eigenvalue weighted by atomic mass is 9.80. The van der Waals surface area contributed by atoms with E-state index in [1.54, 1.807) is 13.8 Å². The monoisotopic (exact) mass is 1760 g/mol. The fraction of sp³-hybridized carbons (Fsp3) is 0.560. The van der Waals surface area contributed by atoms with E-state index in [2.05, 4.69) is 63.8 Å². The molecule has 32 N–H and O–H groups in total. The van der Waals surface area contributed by atoms with E-state index >= 15 is 19.2 Å². The van der Waals surface area contributed by atoms with Crippen molar-refractivity contribution in [3.63, 3.8) is 0 Å². The number of unbranched alkanes of at least 4 members (excludes halogenated alkanes) is 8.